The normalized spacial score (nSPS) is 12.1. The Morgan fingerprint density at radius 2 is 1.79 bits per heavy atom. The van der Waals surface area contributed by atoms with Gasteiger partial charge in [-0.1, -0.05) is 29.8 Å². The van der Waals surface area contributed by atoms with E-state index in [1.54, 1.807) is 36.3 Å². The molecule has 0 saturated heterocycles. The molecule has 2 aromatic carbocycles. The van der Waals surface area contributed by atoms with Crippen LogP contribution < -0.4 is 5.32 Å². The molecule has 0 aliphatic heterocycles. The van der Waals surface area contributed by atoms with Gasteiger partial charge in [-0.2, -0.15) is 0 Å². The monoisotopic (exact) mass is 407 g/mol. The first-order valence-electron chi connectivity index (χ1n) is 8.75. The number of halogens is 1. The molecule has 2 N–H and O–H groups in total. The van der Waals surface area contributed by atoms with E-state index in [2.05, 4.69) is 27.4 Å². The summed E-state index contributed by atoms with van der Waals surface area (Å²) in [6.07, 6.45) is 5.42. The van der Waals surface area contributed by atoms with Crippen LogP contribution in [0, 0.1) is 0 Å². The number of anilines is 1. The Bertz CT molecular complexity index is 1100. The number of nitrogens with one attached hydrogen (secondary N) is 1. The number of hydrogen-bond donors (Lipinski definition) is 2. The molecule has 0 bridgehead atoms. The van der Waals surface area contributed by atoms with Gasteiger partial charge in [0.15, 0.2) is 0 Å². The number of rotatable bonds is 5. The summed E-state index contributed by atoms with van der Waals surface area (Å²) < 4.78 is 0. The molecule has 0 aliphatic carbocycles. The van der Waals surface area contributed by atoms with E-state index in [0.717, 1.165) is 10.9 Å². The molecule has 0 saturated carbocycles. The van der Waals surface area contributed by atoms with Gasteiger partial charge in [-0.25, -0.2) is 4.98 Å². The summed E-state index contributed by atoms with van der Waals surface area (Å²) in [6, 6.07) is 19.0. The Kier molecular flexibility index (Phi) is 5.37. The molecule has 28 heavy (non-hydrogen) atoms. The zero-order chi connectivity index (χ0) is 19.5. The first kappa shape index (κ1) is 18.6. The third-order valence-corrected chi connectivity index (χ3v) is 5.62. The van der Waals surface area contributed by atoms with Crippen LogP contribution in [0.25, 0.3) is 10.9 Å². The standard InChI is InChI=1S/C22H18ClN3OS/c1-28-15-9-7-14(8-10-15)20(26-19-6-2-3-11-24-19)17-13-18(23)16-5-4-12-25-21(16)22(17)27/h2-13,20,27H,1H3,(H,24,26). The van der Waals surface area contributed by atoms with E-state index in [1.807, 2.05) is 42.7 Å². The second-order valence-electron chi connectivity index (χ2n) is 6.26. The number of aromatic nitrogens is 2. The van der Waals surface area contributed by atoms with Crippen molar-refractivity contribution in [2.75, 3.05) is 11.6 Å². The van der Waals surface area contributed by atoms with Gasteiger partial charge >= 0.3 is 0 Å². The lowest BCUT2D eigenvalue weighted by molar-refractivity contribution is 0.471. The highest BCUT2D eigenvalue weighted by atomic mass is 35.5. The smallest absolute Gasteiger partial charge is 0.147 e. The first-order valence-corrected chi connectivity index (χ1v) is 10.4. The Labute approximate surface area is 172 Å². The lowest BCUT2D eigenvalue weighted by Gasteiger charge is -2.22. The van der Waals surface area contributed by atoms with Crippen LogP contribution in [0.2, 0.25) is 5.02 Å². The topological polar surface area (TPSA) is 58.0 Å². The number of benzene rings is 2. The highest BCUT2D eigenvalue weighted by Crippen LogP contribution is 2.39. The van der Waals surface area contributed by atoms with Crippen LogP contribution >= 0.6 is 23.4 Å². The van der Waals surface area contributed by atoms with Gasteiger partial charge in [-0.3, -0.25) is 4.98 Å². The lowest BCUT2D eigenvalue weighted by Crippen LogP contribution is -2.14. The number of aromatic hydroxyl groups is 1. The minimum absolute atomic E-state index is 0.113. The van der Waals surface area contributed by atoms with Crippen molar-refractivity contribution in [2.24, 2.45) is 0 Å². The minimum Gasteiger partial charge on any atom is -0.505 e. The molecule has 140 valence electrons. The molecule has 0 amide bonds. The fraction of sp³-hybridized carbons (Fsp3) is 0.0909. The van der Waals surface area contributed by atoms with Crippen molar-refractivity contribution in [3.8, 4) is 5.75 Å². The summed E-state index contributed by atoms with van der Waals surface area (Å²) in [7, 11) is 0. The lowest BCUT2D eigenvalue weighted by atomic mass is 9.96. The molecule has 2 heterocycles. The van der Waals surface area contributed by atoms with Crippen LogP contribution in [0.15, 0.2) is 78.0 Å². The summed E-state index contributed by atoms with van der Waals surface area (Å²) in [4.78, 5) is 9.87. The molecule has 1 unspecified atom stereocenters. The fourth-order valence-electron chi connectivity index (χ4n) is 3.16. The third-order valence-electron chi connectivity index (χ3n) is 4.56. The number of nitrogens with zero attached hydrogens (tertiary/aromatic N) is 2. The third kappa shape index (κ3) is 3.63. The minimum atomic E-state index is -0.338. The van der Waals surface area contributed by atoms with E-state index in [4.69, 9.17) is 11.6 Å². The van der Waals surface area contributed by atoms with E-state index in [-0.39, 0.29) is 11.8 Å². The highest BCUT2D eigenvalue weighted by molar-refractivity contribution is 7.98. The van der Waals surface area contributed by atoms with Gasteiger partial charge in [0.05, 0.1) is 11.1 Å². The van der Waals surface area contributed by atoms with Crippen molar-refractivity contribution in [1.82, 2.24) is 9.97 Å². The molecular formula is C22H18ClN3OS. The van der Waals surface area contributed by atoms with E-state index >= 15 is 0 Å². The van der Waals surface area contributed by atoms with Gasteiger partial charge in [-0.15, -0.1) is 11.8 Å². The van der Waals surface area contributed by atoms with Gasteiger partial charge in [0.1, 0.15) is 17.1 Å². The maximum absolute atomic E-state index is 11.0. The van der Waals surface area contributed by atoms with Crippen molar-refractivity contribution in [2.45, 2.75) is 10.9 Å². The molecule has 0 aliphatic rings. The van der Waals surface area contributed by atoms with Gasteiger partial charge < -0.3 is 10.4 Å². The van der Waals surface area contributed by atoms with E-state index in [9.17, 15) is 5.11 Å². The maximum atomic E-state index is 11.0. The summed E-state index contributed by atoms with van der Waals surface area (Å²) in [5.74, 6) is 0.820. The molecule has 4 rings (SSSR count). The molecule has 0 radical (unpaired) electrons. The molecule has 0 fully saturated rings. The summed E-state index contributed by atoms with van der Waals surface area (Å²) in [5, 5.41) is 15.7. The van der Waals surface area contributed by atoms with Gasteiger partial charge in [-0.05, 0) is 54.3 Å². The second-order valence-corrected chi connectivity index (χ2v) is 7.55. The Morgan fingerprint density at radius 3 is 2.50 bits per heavy atom. The second kappa shape index (κ2) is 8.09. The van der Waals surface area contributed by atoms with Crippen molar-refractivity contribution in [3.05, 3.63) is 89.2 Å². The highest BCUT2D eigenvalue weighted by Gasteiger charge is 2.22. The predicted octanol–water partition coefficient (Wildman–Crippen LogP) is 5.91. The van der Waals surface area contributed by atoms with Gasteiger partial charge in [0, 0.05) is 28.2 Å². The average Bonchev–Trinajstić information content (AvgIpc) is 2.76. The predicted molar refractivity (Wildman–Crippen MR) is 116 cm³/mol. The number of phenols is 1. The van der Waals surface area contributed by atoms with Crippen LogP contribution in [0.1, 0.15) is 17.2 Å². The van der Waals surface area contributed by atoms with Gasteiger partial charge in [0.25, 0.3) is 0 Å². The molecule has 4 nitrogen and oxygen atoms in total. The molecule has 1 atom stereocenters. The molecule has 4 aromatic rings. The first-order chi connectivity index (χ1) is 13.7. The van der Waals surface area contributed by atoms with E-state index in [1.165, 1.54) is 4.90 Å². The fourth-order valence-corrected chi connectivity index (χ4v) is 3.84. The largest absolute Gasteiger partial charge is 0.505 e. The van der Waals surface area contributed by atoms with Crippen molar-refractivity contribution in [3.63, 3.8) is 0 Å². The van der Waals surface area contributed by atoms with Gasteiger partial charge in [0.2, 0.25) is 0 Å². The zero-order valence-electron chi connectivity index (χ0n) is 15.1. The quantitative estimate of drug-likeness (QED) is 0.402. The number of thioether (sulfide) groups is 1. The summed E-state index contributed by atoms with van der Waals surface area (Å²) in [6.45, 7) is 0. The SMILES string of the molecule is CSc1ccc(C(Nc2ccccn2)c2cc(Cl)c3cccnc3c2O)cc1. The molecule has 6 heteroatoms. The Balaban J connectivity index is 1.87. The average molecular weight is 408 g/mol. The number of phenolic OH excluding ortho intramolecular Hbond substituents is 1. The maximum Gasteiger partial charge on any atom is 0.147 e. The van der Waals surface area contributed by atoms with Crippen molar-refractivity contribution in [1.29, 1.82) is 0 Å². The Hall–Kier alpha value is -2.76. The molecule has 2 aromatic heterocycles. The summed E-state index contributed by atoms with van der Waals surface area (Å²) in [5.41, 5.74) is 2.13. The van der Waals surface area contributed by atoms with E-state index < -0.39 is 0 Å². The van der Waals surface area contributed by atoms with Crippen LogP contribution in [-0.4, -0.2) is 21.3 Å². The molecule has 0 spiro atoms. The number of pyridine rings is 2. The zero-order valence-corrected chi connectivity index (χ0v) is 16.7. The number of hydrogen-bond acceptors (Lipinski definition) is 5. The summed E-state index contributed by atoms with van der Waals surface area (Å²) >= 11 is 8.20. The van der Waals surface area contributed by atoms with Crippen LogP contribution in [0.3, 0.4) is 0 Å². The van der Waals surface area contributed by atoms with Crippen LogP contribution in [0.4, 0.5) is 5.82 Å². The Morgan fingerprint density at radius 1 is 1.00 bits per heavy atom. The van der Waals surface area contributed by atoms with Crippen LogP contribution in [0.5, 0.6) is 5.75 Å². The number of fused-ring (bicyclic) bond motifs is 1. The van der Waals surface area contributed by atoms with Crippen molar-refractivity contribution >= 4 is 40.1 Å². The molecular weight excluding hydrogens is 390 g/mol. The van der Waals surface area contributed by atoms with E-state index in [0.29, 0.717) is 21.9 Å². The van der Waals surface area contributed by atoms with Crippen LogP contribution in [-0.2, 0) is 0 Å². The van der Waals surface area contributed by atoms with Crippen molar-refractivity contribution < 1.29 is 5.11 Å².